The highest BCUT2D eigenvalue weighted by Crippen LogP contribution is 2.18. The Bertz CT molecular complexity index is 498. The van der Waals surface area contributed by atoms with Crippen LogP contribution in [-0.2, 0) is 19.1 Å². The second-order valence-corrected chi connectivity index (χ2v) is 4.76. The molecule has 0 fully saturated rings. The lowest BCUT2D eigenvalue weighted by atomic mass is 9.90. The van der Waals surface area contributed by atoms with E-state index in [9.17, 15) is 14.4 Å². The Morgan fingerprint density at radius 1 is 1.24 bits per heavy atom. The van der Waals surface area contributed by atoms with Gasteiger partial charge >= 0.3 is 11.9 Å². The number of carbonyl (C=O) groups excluding carboxylic acids is 3. The molecule has 114 valence electrons. The van der Waals surface area contributed by atoms with E-state index in [0.717, 1.165) is 0 Å². The Hall–Kier alpha value is -2.24. The molecule has 21 heavy (non-hydrogen) atoms. The van der Waals surface area contributed by atoms with Crippen molar-refractivity contribution in [3.8, 4) is 5.88 Å². The minimum atomic E-state index is -1.02. The second-order valence-electron chi connectivity index (χ2n) is 4.76. The van der Waals surface area contributed by atoms with E-state index >= 15 is 0 Å². The number of hydrogen-bond donors (Lipinski definition) is 0. The molecule has 0 radical (unpaired) electrons. The van der Waals surface area contributed by atoms with E-state index in [-0.39, 0.29) is 18.4 Å². The number of pyridine rings is 1. The Balaban J connectivity index is 2.74. The van der Waals surface area contributed by atoms with Gasteiger partial charge < -0.3 is 9.47 Å². The van der Waals surface area contributed by atoms with Crippen LogP contribution in [0.5, 0.6) is 5.88 Å². The third-order valence-electron chi connectivity index (χ3n) is 2.73. The zero-order valence-electron chi connectivity index (χ0n) is 12.4. The van der Waals surface area contributed by atoms with Gasteiger partial charge in [0, 0.05) is 12.3 Å². The van der Waals surface area contributed by atoms with Crippen molar-refractivity contribution in [2.45, 2.75) is 27.2 Å². The zero-order chi connectivity index (χ0) is 15.8. The van der Waals surface area contributed by atoms with Crippen molar-refractivity contribution in [1.82, 2.24) is 4.98 Å². The topological polar surface area (TPSA) is 82.6 Å². The van der Waals surface area contributed by atoms with Gasteiger partial charge in [-0.2, -0.15) is 0 Å². The summed E-state index contributed by atoms with van der Waals surface area (Å²) in [6, 6.07) is 4.87. The number of ketones is 1. The van der Waals surface area contributed by atoms with Gasteiger partial charge in [0.1, 0.15) is 12.3 Å². The van der Waals surface area contributed by atoms with E-state index in [0.29, 0.717) is 0 Å². The van der Waals surface area contributed by atoms with Gasteiger partial charge in [-0.25, -0.2) is 4.98 Å². The highest BCUT2D eigenvalue weighted by atomic mass is 16.5. The first-order valence-electron chi connectivity index (χ1n) is 6.76. The molecule has 1 atom stereocenters. The fourth-order valence-electron chi connectivity index (χ4n) is 1.81. The van der Waals surface area contributed by atoms with E-state index in [2.05, 4.69) is 4.98 Å². The first kappa shape index (κ1) is 16.8. The summed E-state index contributed by atoms with van der Waals surface area (Å²) in [5.74, 6) is -3.04. The normalized spacial score (nSPS) is 11.8. The monoisotopic (exact) mass is 293 g/mol. The standard InChI is InChI=1S/C15H19NO5/c1-4-20-13(18)9-11(17)14(10(2)3)15(19)21-12-7-5-6-8-16-12/h5-8,10,14H,4,9H2,1-3H3. The van der Waals surface area contributed by atoms with Crippen LogP contribution in [0.1, 0.15) is 27.2 Å². The SMILES string of the molecule is CCOC(=O)CC(=O)C(C(=O)Oc1ccccn1)C(C)C. The maximum absolute atomic E-state index is 12.1. The smallest absolute Gasteiger partial charge is 0.323 e. The molecule has 0 aromatic carbocycles. The lowest BCUT2D eigenvalue weighted by Crippen LogP contribution is -2.34. The molecule has 1 aromatic heterocycles. The number of Topliss-reactive ketones (excluding diaryl/α,β-unsaturated/α-hetero) is 1. The average Bonchev–Trinajstić information content (AvgIpc) is 2.39. The Labute approximate surface area is 123 Å². The van der Waals surface area contributed by atoms with Crippen molar-refractivity contribution in [3.05, 3.63) is 24.4 Å². The van der Waals surface area contributed by atoms with Gasteiger partial charge in [0.15, 0.2) is 5.78 Å². The van der Waals surface area contributed by atoms with Gasteiger partial charge in [0.2, 0.25) is 5.88 Å². The molecule has 0 N–H and O–H groups in total. The predicted molar refractivity (Wildman–Crippen MR) is 74.5 cm³/mol. The minimum absolute atomic E-state index is 0.122. The van der Waals surface area contributed by atoms with Crippen LogP contribution in [0.25, 0.3) is 0 Å². The van der Waals surface area contributed by atoms with E-state index in [1.807, 2.05) is 0 Å². The van der Waals surface area contributed by atoms with Crippen LogP contribution >= 0.6 is 0 Å². The van der Waals surface area contributed by atoms with Crippen LogP contribution in [0.3, 0.4) is 0 Å². The highest BCUT2D eigenvalue weighted by molar-refractivity contribution is 6.06. The van der Waals surface area contributed by atoms with Crippen LogP contribution in [0.4, 0.5) is 0 Å². The quantitative estimate of drug-likeness (QED) is 0.563. The Morgan fingerprint density at radius 2 is 1.95 bits per heavy atom. The summed E-state index contributed by atoms with van der Waals surface area (Å²) >= 11 is 0. The highest BCUT2D eigenvalue weighted by Gasteiger charge is 2.33. The first-order valence-corrected chi connectivity index (χ1v) is 6.76. The fourth-order valence-corrected chi connectivity index (χ4v) is 1.81. The van der Waals surface area contributed by atoms with E-state index in [1.165, 1.54) is 12.3 Å². The third-order valence-corrected chi connectivity index (χ3v) is 2.73. The largest absolute Gasteiger partial charge is 0.466 e. The van der Waals surface area contributed by atoms with Crippen LogP contribution in [0.2, 0.25) is 0 Å². The molecule has 0 saturated carbocycles. The molecule has 1 unspecified atom stereocenters. The van der Waals surface area contributed by atoms with Gasteiger partial charge in [-0.1, -0.05) is 19.9 Å². The second kappa shape index (κ2) is 8.14. The summed E-state index contributed by atoms with van der Waals surface area (Å²) in [5, 5.41) is 0. The molecule has 6 nitrogen and oxygen atoms in total. The summed E-state index contributed by atoms with van der Waals surface area (Å²) in [5.41, 5.74) is 0. The predicted octanol–water partition coefficient (Wildman–Crippen LogP) is 1.78. The summed E-state index contributed by atoms with van der Waals surface area (Å²) in [7, 11) is 0. The molecule has 0 saturated heterocycles. The van der Waals surface area contributed by atoms with Crippen molar-refractivity contribution in [2.24, 2.45) is 11.8 Å². The molecular formula is C15H19NO5. The Kier molecular flexibility index (Phi) is 6.52. The van der Waals surface area contributed by atoms with E-state index in [4.69, 9.17) is 9.47 Å². The minimum Gasteiger partial charge on any atom is -0.466 e. The molecule has 0 amide bonds. The molecule has 1 rings (SSSR count). The molecule has 0 aliphatic carbocycles. The van der Waals surface area contributed by atoms with E-state index in [1.54, 1.807) is 32.9 Å². The number of rotatable bonds is 7. The summed E-state index contributed by atoms with van der Waals surface area (Å²) in [4.78, 5) is 39.4. The number of nitrogens with zero attached hydrogens (tertiary/aromatic N) is 1. The summed E-state index contributed by atoms with van der Waals surface area (Å²) in [6.07, 6.45) is 1.04. The van der Waals surface area contributed by atoms with Crippen molar-refractivity contribution in [1.29, 1.82) is 0 Å². The summed E-state index contributed by atoms with van der Waals surface area (Å²) in [6.45, 7) is 5.27. The van der Waals surface area contributed by atoms with Crippen LogP contribution in [0, 0.1) is 11.8 Å². The van der Waals surface area contributed by atoms with Crippen LogP contribution < -0.4 is 4.74 Å². The first-order chi connectivity index (χ1) is 9.95. The van der Waals surface area contributed by atoms with Crippen molar-refractivity contribution >= 4 is 17.7 Å². The van der Waals surface area contributed by atoms with Gasteiger partial charge in [-0.15, -0.1) is 0 Å². The lowest BCUT2D eigenvalue weighted by molar-refractivity contribution is -0.150. The number of carbonyl (C=O) groups is 3. The third kappa shape index (κ3) is 5.33. The van der Waals surface area contributed by atoms with Crippen molar-refractivity contribution in [3.63, 3.8) is 0 Å². The molecule has 0 bridgehead atoms. The number of esters is 2. The fraction of sp³-hybridized carbons (Fsp3) is 0.467. The van der Waals surface area contributed by atoms with Gasteiger partial charge in [0.05, 0.1) is 6.61 Å². The van der Waals surface area contributed by atoms with Crippen LogP contribution in [-0.4, -0.2) is 29.3 Å². The molecule has 6 heteroatoms. The molecule has 0 spiro atoms. The van der Waals surface area contributed by atoms with Gasteiger partial charge in [-0.05, 0) is 18.9 Å². The van der Waals surface area contributed by atoms with Crippen molar-refractivity contribution < 1.29 is 23.9 Å². The Morgan fingerprint density at radius 3 is 2.48 bits per heavy atom. The lowest BCUT2D eigenvalue weighted by Gasteiger charge is -2.17. The molecular weight excluding hydrogens is 274 g/mol. The molecule has 0 aliphatic heterocycles. The maximum atomic E-state index is 12.1. The van der Waals surface area contributed by atoms with E-state index < -0.39 is 30.1 Å². The zero-order valence-corrected chi connectivity index (χ0v) is 12.4. The maximum Gasteiger partial charge on any atom is 0.323 e. The number of aromatic nitrogens is 1. The van der Waals surface area contributed by atoms with Gasteiger partial charge in [0.25, 0.3) is 0 Å². The summed E-state index contributed by atoms with van der Waals surface area (Å²) < 4.78 is 9.79. The average molecular weight is 293 g/mol. The van der Waals surface area contributed by atoms with Gasteiger partial charge in [-0.3, -0.25) is 14.4 Å². The van der Waals surface area contributed by atoms with Crippen LogP contribution in [0.15, 0.2) is 24.4 Å². The number of hydrogen-bond acceptors (Lipinski definition) is 6. The molecule has 1 aromatic rings. The van der Waals surface area contributed by atoms with Crippen molar-refractivity contribution in [2.75, 3.05) is 6.61 Å². The molecule has 1 heterocycles. The number of ether oxygens (including phenoxy) is 2. The molecule has 0 aliphatic rings.